The van der Waals surface area contributed by atoms with Gasteiger partial charge in [0, 0.05) is 4.90 Å². The van der Waals surface area contributed by atoms with Gasteiger partial charge in [-0.1, -0.05) is 18.2 Å². The van der Waals surface area contributed by atoms with Gasteiger partial charge in [-0.05, 0) is 34.3 Å². The second-order valence-corrected chi connectivity index (χ2v) is 3.95. The molecule has 0 amide bonds. The summed E-state index contributed by atoms with van der Waals surface area (Å²) < 4.78 is 0. The zero-order valence-corrected chi connectivity index (χ0v) is 8.41. The highest BCUT2D eigenvalue weighted by Crippen LogP contribution is 2.12. The zero-order valence-electron chi connectivity index (χ0n) is 6.62. The van der Waals surface area contributed by atoms with Crippen molar-refractivity contribution in [3.63, 3.8) is 0 Å². The van der Waals surface area contributed by atoms with Crippen LogP contribution < -0.4 is 10.4 Å². The Hall–Kier alpha value is -0.340. The Morgan fingerprint density at radius 3 is 2.75 bits per heavy atom. The highest BCUT2D eigenvalue weighted by Gasteiger charge is 2.01. The molecule has 1 aromatic carbocycles. The first kappa shape index (κ1) is 8.27. The molecule has 0 radical (unpaired) electrons. The van der Waals surface area contributed by atoms with Crippen LogP contribution in [0.25, 0.3) is 11.0 Å². The largest absolute Gasteiger partial charge is 0.147 e. The SMILES string of the molecule is SC1=c2cccc(S)c2=CCC1. The van der Waals surface area contributed by atoms with E-state index in [2.05, 4.69) is 37.4 Å². The molecule has 0 aliphatic heterocycles. The molecule has 1 aliphatic carbocycles. The van der Waals surface area contributed by atoms with Crippen molar-refractivity contribution in [1.82, 2.24) is 0 Å². The van der Waals surface area contributed by atoms with Gasteiger partial charge in [-0.15, -0.1) is 25.3 Å². The van der Waals surface area contributed by atoms with Gasteiger partial charge in [-0.3, -0.25) is 0 Å². The monoisotopic (exact) mass is 194 g/mol. The quantitative estimate of drug-likeness (QED) is 0.576. The molecule has 12 heavy (non-hydrogen) atoms. The van der Waals surface area contributed by atoms with Gasteiger partial charge >= 0.3 is 0 Å². The molecule has 0 nitrogen and oxygen atoms in total. The maximum atomic E-state index is 4.45. The van der Waals surface area contributed by atoms with Crippen LogP contribution in [0.15, 0.2) is 23.1 Å². The minimum Gasteiger partial charge on any atom is -0.147 e. The third-order valence-corrected chi connectivity index (χ3v) is 2.98. The zero-order chi connectivity index (χ0) is 8.55. The molecule has 0 unspecified atom stereocenters. The van der Waals surface area contributed by atoms with E-state index in [1.807, 2.05) is 12.1 Å². The molecule has 0 fully saturated rings. The normalized spacial score (nSPS) is 15.3. The van der Waals surface area contributed by atoms with Gasteiger partial charge in [0.1, 0.15) is 0 Å². The Morgan fingerprint density at radius 2 is 2.00 bits per heavy atom. The molecule has 1 aliphatic rings. The molecule has 0 bridgehead atoms. The minimum absolute atomic E-state index is 1.05. The highest BCUT2D eigenvalue weighted by atomic mass is 32.1. The lowest BCUT2D eigenvalue weighted by Crippen LogP contribution is -2.29. The van der Waals surface area contributed by atoms with Gasteiger partial charge in [0.25, 0.3) is 0 Å². The van der Waals surface area contributed by atoms with E-state index in [9.17, 15) is 0 Å². The summed E-state index contributed by atoms with van der Waals surface area (Å²) in [5, 5.41) is 2.49. The van der Waals surface area contributed by atoms with E-state index >= 15 is 0 Å². The van der Waals surface area contributed by atoms with Gasteiger partial charge < -0.3 is 0 Å². The molecule has 0 spiro atoms. The smallest absolute Gasteiger partial charge is 0.0116 e. The van der Waals surface area contributed by atoms with Crippen molar-refractivity contribution >= 4 is 36.2 Å². The summed E-state index contributed by atoms with van der Waals surface area (Å²) in [4.78, 5) is 2.24. The molecular weight excluding hydrogens is 184 g/mol. The number of benzene rings is 1. The van der Waals surface area contributed by atoms with Crippen LogP contribution in [0.4, 0.5) is 0 Å². The Balaban J connectivity index is 2.93. The van der Waals surface area contributed by atoms with Crippen molar-refractivity contribution < 1.29 is 0 Å². The summed E-state index contributed by atoms with van der Waals surface area (Å²) in [5.74, 6) is 0. The van der Waals surface area contributed by atoms with Crippen molar-refractivity contribution in [3.8, 4) is 0 Å². The Kier molecular flexibility index (Phi) is 2.20. The first-order chi connectivity index (χ1) is 5.79. The lowest BCUT2D eigenvalue weighted by molar-refractivity contribution is 1.09. The van der Waals surface area contributed by atoms with Crippen LogP contribution in [0.1, 0.15) is 12.8 Å². The van der Waals surface area contributed by atoms with Crippen molar-refractivity contribution in [2.24, 2.45) is 0 Å². The lowest BCUT2D eigenvalue weighted by Gasteiger charge is -2.06. The fourth-order valence-corrected chi connectivity index (χ4v) is 2.13. The van der Waals surface area contributed by atoms with Crippen LogP contribution >= 0.6 is 25.3 Å². The predicted octanol–water partition coefficient (Wildman–Crippen LogP) is 1.59. The number of fused-ring (bicyclic) bond motifs is 1. The first-order valence-corrected chi connectivity index (χ1v) is 4.89. The first-order valence-electron chi connectivity index (χ1n) is 3.99. The molecule has 0 heterocycles. The third kappa shape index (κ3) is 1.29. The lowest BCUT2D eigenvalue weighted by atomic mass is 10.1. The minimum atomic E-state index is 1.05. The Labute approximate surface area is 82.8 Å². The van der Waals surface area contributed by atoms with E-state index < -0.39 is 0 Å². The van der Waals surface area contributed by atoms with E-state index in [0.29, 0.717) is 0 Å². The second kappa shape index (κ2) is 3.19. The standard InChI is InChI=1S/C10H10S2/c11-9-5-1-3-7-8(9)4-2-6-10(7)12/h1,3-5,11-12H,2,6H2. The number of thiol groups is 2. The van der Waals surface area contributed by atoms with Gasteiger partial charge in [0.2, 0.25) is 0 Å². The van der Waals surface area contributed by atoms with Crippen molar-refractivity contribution in [2.45, 2.75) is 17.7 Å². The van der Waals surface area contributed by atoms with Gasteiger partial charge in [0.05, 0.1) is 0 Å². The summed E-state index contributed by atoms with van der Waals surface area (Å²) in [6, 6.07) is 6.15. The van der Waals surface area contributed by atoms with Crippen molar-refractivity contribution in [1.29, 1.82) is 0 Å². The molecule has 0 saturated carbocycles. The van der Waals surface area contributed by atoms with Crippen LogP contribution in [-0.4, -0.2) is 0 Å². The summed E-state index contributed by atoms with van der Waals surface area (Å²) in [6.07, 6.45) is 4.38. The molecule has 2 heteroatoms. The van der Waals surface area contributed by atoms with Crippen molar-refractivity contribution in [3.05, 3.63) is 28.6 Å². The van der Waals surface area contributed by atoms with E-state index in [0.717, 1.165) is 17.7 Å². The fourth-order valence-electron chi connectivity index (χ4n) is 1.51. The summed E-state index contributed by atoms with van der Waals surface area (Å²) >= 11 is 8.85. The van der Waals surface area contributed by atoms with E-state index in [4.69, 9.17) is 0 Å². The summed E-state index contributed by atoms with van der Waals surface area (Å²) in [6.45, 7) is 0. The van der Waals surface area contributed by atoms with Crippen LogP contribution in [0.3, 0.4) is 0 Å². The maximum absolute atomic E-state index is 4.45. The molecule has 2 rings (SSSR count). The second-order valence-electron chi connectivity index (χ2n) is 2.93. The maximum Gasteiger partial charge on any atom is 0.0116 e. The average Bonchev–Trinajstić information content (AvgIpc) is 2.07. The summed E-state index contributed by atoms with van der Waals surface area (Å²) in [7, 11) is 0. The summed E-state index contributed by atoms with van der Waals surface area (Å²) in [5.41, 5.74) is 0. The van der Waals surface area contributed by atoms with Gasteiger partial charge in [0.15, 0.2) is 0 Å². The Morgan fingerprint density at radius 1 is 1.17 bits per heavy atom. The number of hydrogen-bond donors (Lipinski definition) is 2. The average molecular weight is 194 g/mol. The van der Waals surface area contributed by atoms with Crippen LogP contribution in [0.2, 0.25) is 0 Å². The molecule has 0 aromatic heterocycles. The van der Waals surface area contributed by atoms with Crippen LogP contribution in [-0.2, 0) is 0 Å². The highest BCUT2D eigenvalue weighted by molar-refractivity contribution is 7.90. The number of hydrogen-bond acceptors (Lipinski definition) is 2. The molecule has 0 atom stereocenters. The predicted molar refractivity (Wildman–Crippen MR) is 59.0 cm³/mol. The molecule has 1 aromatic rings. The molecular formula is C10H10S2. The third-order valence-electron chi connectivity index (χ3n) is 2.12. The topological polar surface area (TPSA) is 0 Å². The van der Waals surface area contributed by atoms with Crippen molar-refractivity contribution in [2.75, 3.05) is 0 Å². The van der Waals surface area contributed by atoms with Crippen LogP contribution in [0, 0.1) is 0 Å². The fraction of sp³-hybridized carbons (Fsp3) is 0.200. The van der Waals surface area contributed by atoms with Gasteiger partial charge in [-0.25, -0.2) is 0 Å². The van der Waals surface area contributed by atoms with E-state index in [-0.39, 0.29) is 0 Å². The van der Waals surface area contributed by atoms with E-state index in [1.165, 1.54) is 15.3 Å². The Bertz CT molecular complexity index is 418. The van der Waals surface area contributed by atoms with Gasteiger partial charge in [-0.2, -0.15) is 0 Å². The van der Waals surface area contributed by atoms with Crippen LogP contribution in [0.5, 0.6) is 0 Å². The number of rotatable bonds is 0. The molecule has 62 valence electrons. The van der Waals surface area contributed by atoms with E-state index in [1.54, 1.807) is 0 Å². The molecule has 0 N–H and O–H groups in total. The molecule has 0 saturated heterocycles.